The number of aliphatic hydroxyl groups is 1. The van der Waals surface area contributed by atoms with Gasteiger partial charge in [-0.1, -0.05) is 19.3 Å². The Morgan fingerprint density at radius 3 is 2.29 bits per heavy atom. The Hall–Kier alpha value is -0.120. The van der Waals surface area contributed by atoms with Crippen molar-refractivity contribution in [1.29, 1.82) is 0 Å². The lowest BCUT2D eigenvalue weighted by Gasteiger charge is -2.44. The van der Waals surface area contributed by atoms with E-state index in [-0.39, 0.29) is 12.6 Å². The zero-order valence-electron chi connectivity index (χ0n) is 11.0. The van der Waals surface area contributed by atoms with Crippen LogP contribution in [0.1, 0.15) is 51.4 Å². The Balaban J connectivity index is 1.73. The van der Waals surface area contributed by atoms with Crippen molar-refractivity contribution >= 4 is 0 Å². The molecular formula is C14H28N2O. The maximum absolute atomic E-state index is 8.87. The lowest BCUT2D eigenvalue weighted by Crippen LogP contribution is -2.45. The van der Waals surface area contributed by atoms with Gasteiger partial charge in [-0.15, -0.1) is 0 Å². The number of hydrogen-bond acceptors (Lipinski definition) is 3. The van der Waals surface area contributed by atoms with E-state index in [1.54, 1.807) is 0 Å². The van der Waals surface area contributed by atoms with Gasteiger partial charge in [0, 0.05) is 19.2 Å². The van der Waals surface area contributed by atoms with Crippen molar-refractivity contribution in [3.05, 3.63) is 0 Å². The third kappa shape index (κ3) is 3.67. The quantitative estimate of drug-likeness (QED) is 0.787. The maximum atomic E-state index is 8.87. The molecule has 1 saturated heterocycles. The molecule has 3 heteroatoms. The summed E-state index contributed by atoms with van der Waals surface area (Å²) in [4.78, 5) is 2.50. The summed E-state index contributed by atoms with van der Waals surface area (Å²) in [6.07, 6.45) is 10.8. The number of hydrogen-bond donors (Lipinski definition) is 2. The van der Waals surface area contributed by atoms with E-state index in [1.807, 2.05) is 0 Å². The molecule has 17 heavy (non-hydrogen) atoms. The SMILES string of the molecule is NC(CCO)CN1CCC2(CCCCC2)CC1. The lowest BCUT2D eigenvalue weighted by atomic mass is 9.68. The summed E-state index contributed by atoms with van der Waals surface area (Å²) in [5.41, 5.74) is 6.67. The predicted molar refractivity (Wildman–Crippen MR) is 70.9 cm³/mol. The number of aliphatic hydroxyl groups excluding tert-OH is 1. The van der Waals surface area contributed by atoms with Crippen LogP contribution in [-0.4, -0.2) is 42.3 Å². The fourth-order valence-electron chi connectivity index (χ4n) is 3.60. The molecule has 1 unspecified atom stereocenters. The summed E-state index contributed by atoms with van der Waals surface area (Å²) < 4.78 is 0. The number of nitrogens with two attached hydrogens (primary N) is 1. The highest BCUT2D eigenvalue weighted by atomic mass is 16.3. The third-order valence-electron chi connectivity index (χ3n) is 4.82. The lowest BCUT2D eigenvalue weighted by molar-refractivity contribution is 0.0635. The van der Waals surface area contributed by atoms with Gasteiger partial charge in [-0.25, -0.2) is 0 Å². The summed E-state index contributed by atoms with van der Waals surface area (Å²) in [7, 11) is 0. The van der Waals surface area contributed by atoms with Crippen molar-refractivity contribution in [3.8, 4) is 0 Å². The van der Waals surface area contributed by atoms with Crippen molar-refractivity contribution in [1.82, 2.24) is 4.90 Å². The molecule has 0 amide bonds. The largest absolute Gasteiger partial charge is 0.396 e. The van der Waals surface area contributed by atoms with Crippen molar-refractivity contribution in [2.75, 3.05) is 26.2 Å². The molecule has 2 rings (SSSR count). The first-order chi connectivity index (χ1) is 8.24. The van der Waals surface area contributed by atoms with Crippen molar-refractivity contribution in [2.24, 2.45) is 11.1 Å². The second-order valence-electron chi connectivity index (χ2n) is 6.13. The second kappa shape index (κ2) is 6.17. The van der Waals surface area contributed by atoms with Crippen LogP contribution in [0.25, 0.3) is 0 Å². The van der Waals surface area contributed by atoms with Gasteiger partial charge < -0.3 is 15.7 Å². The van der Waals surface area contributed by atoms with Crippen molar-refractivity contribution in [2.45, 2.75) is 57.4 Å². The molecule has 1 heterocycles. The van der Waals surface area contributed by atoms with E-state index in [4.69, 9.17) is 10.8 Å². The molecule has 0 bridgehead atoms. The summed E-state index contributed by atoms with van der Waals surface area (Å²) in [5, 5.41) is 8.87. The Labute approximate surface area is 105 Å². The van der Waals surface area contributed by atoms with Crippen LogP contribution in [0.3, 0.4) is 0 Å². The molecule has 2 fully saturated rings. The van der Waals surface area contributed by atoms with Gasteiger partial charge in [0.2, 0.25) is 0 Å². The first-order valence-electron chi connectivity index (χ1n) is 7.33. The van der Waals surface area contributed by atoms with Gasteiger partial charge in [-0.2, -0.15) is 0 Å². The summed E-state index contributed by atoms with van der Waals surface area (Å²) in [6, 6.07) is 0.153. The van der Waals surface area contributed by atoms with Gasteiger partial charge in [0.1, 0.15) is 0 Å². The van der Waals surface area contributed by atoms with Gasteiger partial charge in [-0.05, 0) is 50.6 Å². The minimum Gasteiger partial charge on any atom is -0.396 e. The number of piperidine rings is 1. The Kier molecular flexibility index (Phi) is 4.83. The van der Waals surface area contributed by atoms with Crippen molar-refractivity contribution in [3.63, 3.8) is 0 Å². The predicted octanol–water partition coefficient (Wildman–Crippen LogP) is 1.74. The Morgan fingerprint density at radius 2 is 1.71 bits per heavy atom. The Bertz CT molecular complexity index is 216. The number of likely N-dealkylation sites (tertiary alicyclic amines) is 1. The highest BCUT2D eigenvalue weighted by molar-refractivity contribution is 4.88. The molecule has 0 aromatic carbocycles. The third-order valence-corrected chi connectivity index (χ3v) is 4.82. The summed E-state index contributed by atoms with van der Waals surface area (Å²) in [6.45, 7) is 3.63. The number of rotatable bonds is 4. The molecule has 1 atom stereocenters. The van der Waals surface area contributed by atoms with E-state index in [1.165, 1.54) is 58.0 Å². The molecule has 3 N–H and O–H groups in total. The van der Waals surface area contributed by atoms with Gasteiger partial charge in [0.05, 0.1) is 0 Å². The Morgan fingerprint density at radius 1 is 1.06 bits per heavy atom. The average Bonchev–Trinajstić information content (AvgIpc) is 2.34. The first-order valence-corrected chi connectivity index (χ1v) is 7.33. The maximum Gasteiger partial charge on any atom is 0.0446 e. The molecule has 1 aliphatic heterocycles. The normalized spacial score (nSPS) is 27.2. The molecule has 0 radical (unpaired) electrons. The van der Waals surface area contributed by atoms with Gasteiger partial charge >= 0.3 is 0 Å². The van der Waals surface area contributed by atoms with Gasteiger partial charge in [-0.3, -0.25) is 0 Å². The molecule has 0 aromatic heterocycles. The average molecular weight is 240 g/mol. The minimum absolute atomic E-state index is 0.153. The minimum atomic E-state index is 0.153. The van der Waals surface area contributed by atoms with Crippen LogP contribution < -0.4 is 5.73 Å². The molecule has 3 nitrogen and oxygen atoms in total. The number of nitrogens with zero attached hydrogens (tertiary/aromatic N) is 1. The second-order valence-corrected chi connectivity index (χ2v) is 6.13. The van der Waals surface area contributed by atoms with Crippen LogP contribution in [0.4, 0.5) is 0 Å². The standard InChI is InChI=1S/C14H28N2O/c15-13(4-11-17)12-16-9-7-14(8-10-16)5-2-1-3-6-14/h13,17H,1-12,15H2. The summed E-state index contributed by atoms with van der Waals surface area (Å²) >= 11 is 0. The van der Waals surface area contributed by atoms with Crippen LogP contribution >= 0.6 is 0 Å². The topological polar surface area (TPSA) is 49.5 Å². The van der Waals surface area contributed by atoms with E-state index in [0.717, 1.165) is 13.0 Å². The van der Waals surface area contributed by atoms with Crippen LogP contribution in [0.2, 0.25) is 0 Å². The van der Waals surface area contributed by atoms with E-state index in [0.29, 0.717) is 5.41 Å². The fraction of sp³-hybridized carbons (Fsp3) is 1.00. The van der Waals surface area contributed by atoms with Gasteiger partial charge in [0.25, 0.3) is 0 Å². The zero-order valence-corrected chi connectivity index (χ0v) is 11.0. The van der Waals surface area contributed by atoms with Crippen LogP contribution in [-0.2, 0) is 0 Å². The monoisotopic (exact) mass is 240 g/mol. The molecular weight excluding hydrogens is 212 g/mol. The molecule has 1 spiro atoms. The first kappa shape index (κ1) is 13.3. The van der Waals surface area contributed by atoms with Gasteiger partial charge in [0.15, 0.2) is 0 Å². The van der Waals surface area contributed by atoms with E-state index < -0.39 is 0 Å². The van der Waals surface area contributed by atoms with E-state index >= 15 is 0 Å². The van der Waals surface area contributed by atoms with Crippen molar-refractivity contribution < 1.29 is 5.11 Å². The van der Waals surface area contributed by atoms with Crippen LogP contribution in [0.15, 0.2) is 0 Å². The molecule has 0 aromatic rings. The smallest absolute Gasteiger partial charge is 0.0446 e. The highest BCUT2D eigenvalue weighted by Gasteiger charge is 2.35. The molecule has 2 aliphatic rings. The van der Waals surface area contributed by atoms with Crippen LogP contribution in [0.5, 0.6) is 0 Å². The molecule has 100 valence electrons. The van der Waals surface area contributed by atoms with E-state index in [9.17, 15) is 0 Å². The summed E-state index contributed by atoms with van der Waals surface area (Å²) in [5.74, 6) is 0. The van der Waals surface area contributed by atoms with E-state index in [2.05, 4.69) is 4.90 Å². The fourth-order valence-corrected chi connectivity index (χ4v) is 3.60. The zero-order chi connectivity index (χ0) is 12.1. The highest BCUT2D eigenvalue weighted by Crippen LogP contribution is 2.44. The van der Waals surface area contributed by atoms with Crippen LogP contribution in [0, 0.1) is 5.41 Å². The molecule has 1 aliphatic carbocycles. The molecule has 1 saturated carbocycles.